The Labute approximate surface area is 147 Å². The summed E-state index contributed by atoms with van der Waals surface area (Å²) in [5.41, 5.74) is 4.29. The summed E-state index contributed by atoms with van der Waals surface area (Å²) in [7, 11) is 3.32. The van der Waals surface area contributed by atoms with Gasteiger partial charge in [-0.25, -0.2) is 0 Å². The zero-order chi connectivity index (χ0) is 17.6. The molecule has 2 N–H and O–H groups in total. The first-order valence-corrected chi connectivity index (χ1v) is 8.70. The topological polar surface area (TPSA) is 76.2 Å². The fourth-order valence-electron chi connectivity index (χ4n) is 3.28. The molecule has 0 spiro atoms. The third-order valence-corrected chi connectivity index (χ3v) is 4.70. The van der Waals surface area contributed by atoms with Gasteiger partial charge in [-0.05, 0) is 49.9 Å². The van der Waals surface area contributed by atoms with Gasteiger partial charge >= 0.3 is 0 Å². The van der Waals surface area contributed by atoms with Gasteiger partial charge in [-0.1, -0.05) is 0 Å². The maximum absolute atomic E-state index is 12.4. The Morgan fingerprint density at radius 1 is 1.32 bits per heavy atom. The number of aromatic nitrogens is 2. The Hall–Kier alpha value is -2.34. The highest BCUT2D eigenvalue weighted by molar-refractivity contribution is 5.80. The molecule has 0 saturated carbocycles. The summed E-state index contributed by atoms with van der Waals surface area (Å²) < 4.78 is 10.2. The highest BCUT2D eigenvalue weighted by atomic mass is 16.5. The third-order valence-electron chi connectivity index (χ3n) is 4.70. The number of rotatable bonds is 7. The molecule has 0 unspecified atom stereocenters. The Balaban J connectivity index is 1.69. The van der Waals surface area contributed by atoms with Crippen molar-refractivity contribution in [3.63, 3.8) is 0 Å². The Kier molecular flexibility index (Phi) is 5.71. The first-order chi connectivity index (χ1) is 12.2. The van der Waals surface area contributed by atoms with E-state index in [9.17, 15) is 4.79 Å². The first-order valence-electron chi connectivity index (χ1n) is 8.70. The van der Waals surface area contributed by atoms with Crippen LogP contribution in [-0.2, 0) is 22.4 Å². The zero-order valence-electron chi connectivity index (χ0n) is 14.8. The zero-order valence-corrected chi connectivity index (χ0v) is 14.8. The summed E-state index contributed by atoms with van der Waals surface area (Å²) in [6.07, 6.45) is 3.27. The molecule has 1 aromatic carbocycles. The Bertz CT molecular complexity index is 709. The minimum atomic E-state index is 0.00430. The van der Waals surface area contributed by atoms with Gasteiger partial charge in [0.15, 0.2) is 0 Å². The van der Waals surface area contributed by atoms with Gasteiger partial charge in [0, 0.05) is 43.0 Å². The van der Waals surface area contributed by atoms with Crippen LogP contribution in [-0.4, -0.2) is 43.5 Å². The lowest BCUT2D eigenvalue weighted by Gasteiger charge is -2.22. The first kappa shape index (κ1) is 17.5. The fraction of sp³-hybridized carbons (Fsp3) is 0.474. The van der Waals surface area contributed by atoms with Crippen LogP contribution in [0.25, 0.3) is 11.3 Å². The third kappa shape index (κ3) is 4.02. The van der Waals surface area contributed by atoms with Crippen molar-refractivity contribution in [3.05, 3.63) is 35.5 Å². The van der Waals surface area contributed by atoms with Crippen LogP contribution in [0.5, 0.6) is 5.75 Å². The van der Waals surface area contributed by atoms with Crippen LogP contribution in [0.1, 0.15) is 24.1 Å². The molecule has 1 amide bonds. The number of nitrogens with zero attached hydrogens (tertiary/aromatic N) is 1. The predicted octanol–water partition coefficient (Wildman–Crippen LogP) is 2.34. The molecule has 0 saturated heterocycles. The number of nitrogens with one attached hydrogen (secondary N) is 2. The van der Waals surface area contributed by atoms with Gasteiger partial charge in [0.2, 0.25) is 5.91 Å². The van der Waals surface area contributed by atoms with Crippen molar-refractivity contribution in [2.24, 2.45) is 5.92 Å². The second-order valence-electron chi connectivity index (χ2n) is 6.33. The Morgan fingerprint density at radius 3 is 2.84 bits per heavy atom. The van der Waals surface area contributed by atoms with Gasteiger partial charge in [-0.3, -0.25) is 9.89 Å². The van der Waals surface area contributed by atoms with E-state index < -0.39 is 0 Å². The van der Waals surface area contributed by atoms with E-state index in [2.05, 4.69) is 15.5 Å². The number of aromatic amines is 1. The van der Waals surface area contributed by atoms with Gasteiger partial charge < -0.3 is 14.8 Å². The molecule has 1 aromatic heterocycles. The number of amides is 1. The number of aryl methyl sites for hydroxylation is 1. The molecular weight excluding hydrogens is 318 g/mol. The highest BCUT2D eigenvalue weighted by Gasteiger charge is 2.28. The van der Waals surface area contributed by atoms with Crippen LogP contribution in [0, 0.1) is 5.92 Å². The SMILES string of the molecule is COCCCNC(=O)[C@@H]1CCc2[nH]nc(-c3ccc(OC)cc3)c2C1. The summed E-state index contributed by atoms with van der Waals surface area (Å²) in [5.74, 6) is 0.953. The molecule has 6 heteroatoms. The molecule has 134 valence electrons. The molecular formula is C19H25N3O3. The van der Waals surface area contributed by atoms with Gasteiger partial charge in [0.05, 0.1) is 12.8 Å². The Morgan fingerprint density at radius 2 is 2.12 bits per heavy atom. The molecule has 1 atom stereocenters. The number of hydrogen-bond donors (Lipinski definition) is 2. The van der Waals surface area contributed by atoms with Crippen molar-refractivity contribution in [2.75, 3.05) is 27.4 Å². The molecule has 6 nitrogen and oxygen atoms in total. The lowest BCUT2D eigenvalue weighted by Crippen LogP contribution is -2.34. The van der Waals surface area contributed by atoms with Crippen molar-refractivity contribution in [1.82, 2.24) is 15.5 Å². The van der Waals surface area contributed by atoms with Crippen molar-refractivity contribution >= 4 is 5.91 Å². The summed E-state index contributed by atoms with van der Waals surface area (Å²) in [6.45, 7) is 1.32. The number of ether oxygens (including phenoxy) is 2. The highest BCUT2D eigenvalue weighted by Crippen LogP contribution is 2.32. The number of methoxy groups -OCH3 is 2. The summed E-state index contributed by atoms with van der Waals surface area (Å²) >= 11 is 0. The molecule has 2 aromatic rings. The van der Waals surface area contributed by atoms with Crippen LogP contribution in [0.2, 0.25) is 0 Å². The van der Waals surface area contributed by atoms with Gasteiger partial charge in [0.25, 0.3) is 0 Å². The van der Waals surface area contributed by atoms with E-state index in [0.717, 1.165) is 53.9 Å². The molecule has 0 radical (unpaired) electrons. The average Bonchev–Trinajstić information content (AvgIpc) is 3.08. The summed E-state index contributed by atoms with van der Waals surface area (Å²) in [6, 6.07) is 7.87. The average molecular weight is 343 g/mol. The standard InChI is InChI=1S/C19H25N3O3/c1-24-11-3-10-20-19(23)14-6-9-17-16(12-14)18(22-21-17)13-4-7-15(25-2)8-5-13/h4-5,7-8,14H,3,6,9-12H2,1-2H3,(H,20,23)(H,21,22)/t14-/m1/s1. The maximum Gasteiger partial charge on any atom is 0.223 e. The number of H-pyrrole nitrogens is 1. The number of fused-ring (bicyclic) bond motifs is 1. The normalized spacial score (nSPS) is 16.3. The van der Waals surface area contributed by atoms with Crippen LogP contribution in [0.3, 0.4) is 0 Å². The van der Waals surface area contributed by atoms with Crippen LogP contribution in [0.4, 0.5) is 0 Å². The maximum atomic E-state index is 12.4. The molecule has 25 heavy (non-hydrogen) atoms. The van der Waals surface area contributed by atoms with Gasteiger partial charge in [-0.15, -0.1) is 0 Å². The van der Waals surface area contributed by atoms with Gasteiger partial charge in [-0.2, -0.15) is 5.10 Å². The number of benzene rings is 1. The van der Waals surface area contributed by atoms with E-state index in [1.807, 2.05) is 24.3 Å². The minimum Gasteiger partial charge on any atom is -0.497 e. The van der Waals surface area contributed by atoms with E-state index >= 15 is 0 Å². The number of carbonyl (C=O) groups is 1. The van der Waals surface area contributed by atoms with Crippen LogP contribution < -0.4 is 10.1 Å². The quantitative estimate of drug-likeness (QED) is 0.757. The van der Waals surface area contributed by atoms with Crippen molar-refractivity contribution in [2.45, 2.75) is 25.7 Å². The second-order valence-corrected chi connectivity index (χ2v) is 6.33. The van der Waals surface area contributed by atoms with Crippen molar-refractivity contribution in [3.8, 4) is 17.0 Å². The largest absolute Gasteiger partial charge is 0.497 e. The molecule has 3 rings (SSSR count). The van der Waals surface area contributed by atoms with E-state index in [1.54, 1.807) is 14.2 Å². The van der Waals surface area contributed by atoms with E-state index in [4.69, 9.17) is 9.47 Å². The van der Waals surface area contributed by atoms with Crippen LogP contribution in [0.15, 0.2) is 24.3 Å². The van der Waals surface area contributed by atoms with Crippen molar-refractivity contribution in [1.29, 1.82) is 0 Å². The van der Waals surface area contributed by atoms with E-state index in [1.165, 1.54) is 0 Å². The molecule has 0 aliphatic heterocycles. The minimum absolute atomic E-state index is 0.00430. The predicted molar refractivity (Wildman–Crippen MR) is 95.6 cm³/mol. The molecule has 1 aliphatic rings. The smallest absolute Gasteiger partial charge is 0.223 e. The summed E-state index contributed by atoms with van der Waals surface area (Å²) in [4.78, 5) is 12.4. The van der Waals surface area contributed by atoms with Gasteiger partial charge in [0.1, 0.15) is 5.75 Å². The van der Waals surface area contributed by atoms with E-state index in [-0.39, 0.29) is 11.8 Å². The summed E-state index contributed by atoms with van der Waals surface area (Å²) in [5, 5.41) is 10.7. The molecule has 0 bridgehead atoms. The van der Waals surface area contributed by atoms with Crippen LogP contribution >= 0.6 is 0 Å². The molecule has 1 heterocycles. The van der Waals surface area contributed by atoms with Crippen molar-refractivity contribution < 1.29 is 14.3 Å². The lowest BCUT2D eigenvalue weighted by molar-refractivity contribution is -0.125. The lowest BCUT2D eigenvalue weighted by atomic mass is 9.85. The second kappa shape index (κ2) is 8.16. The number of hydrogen-bond acceptors (Lipinski definition) is 4. The number of carbonyl (C=O) groups excluding carboxylic acids is 1. The molecule has 1 aliphatic carbocycles. The van der Waals surface area contributed by atoms with E-state index in [0.29, 0.717) is 13.2 Å². The monoisotopic (exact) mass is 343 g/mol. The fourth-order valence-corrected chi connectivity index (χ4v) is 3.28. The molecule has 0 fully saturated rings.